The predicted octanol–water partition coefficient (Wildman–Crippen LogP) is 2.81. The van der Waals surface area contributed by atoms with E-state index in [1.165, 1.54) is 0 Å². The highest BCUT2D eigenvalue weighted by molar-refractivity contribution is 4.55. The van der Waals surface area contributed by atoms with Gasteiger partial charge in [-0.2, -0.15) is 0 Å². The Morgan fingerprint density at radius 3 is 1.91 bits per heavy atom. The van der Waals surface area contributed by atoms with Crippen LogP contribution in [0.15, 0.2) is 0 Å². The highest BCUT2D eigenvalue weighted by Gasteiger charge is 2.29. The van der Waals surface area contributed by atoms with E-state index in [0.29, 0.717) is 0 Å². The summed E-state index contributed by atoms with van der Waals surface area (Å²) >= 11 is 0. The third-order valence-corrected chi connectivity index (χ3v) is 1.65. The van der Waals surface area contributed by atoms with Crippen molar-refractivity contribution < 1.29 is 17.9 Å². The van der Waals surface area contributed by atoms with Crippen LogP contribution in [-0.2, 0) is 4.74 Å². The number of hydrogen-bond acceptors (Lipinski definition) is 1. The molecule has 1 unspecified atom stereocenters. The van der Waals surface area contributed by atoms with Gasteiger partial charge in [0, 0.05) is 0 Å². The maximum atomic E-state index is 11.5. The van der Waals surface area contributed by atoms with Crippen molar-refractivity contribution in [2.24, 2.45) is 11.8 Å². The van der Waals surface area contributed by atoms with Crippen LogP contribution in [0.5, 0.6) is 0 Å². The SMILES string of the molecule is CC(C)C(C)COC(F)(F)F. The molecule has 1 nitrogen and oxygen atoms in total. The van der Waals surface area contributed by atoms with Crippen LogP contribution >= 0.6 is 0 Å². The lowest BCUT2D eigenvalue weighted by atomic mass is 10.00. The van der Waals surface area contributed by atoms with Gasteiger partial charge in [-0.05, 0) is 11.8 Å². The monoisotopic (exact) mass is 170 g/mol. The zero-order valence-corrected chi connectivity index (χ0v) is 6.90. The molecule has 0 heterocycles. The van der Waals surface area contributed by atoms with E-state index in [9.17, 15) is 13.2 Å². The van der Waals surface area contributed by atoms with Crippen LogP contribution < -0.4 is 0 Å². The van der Waals surface area contributed by atoms with Crippen molar-refractivity contribution in [2.75, 3.05) is 6.61 Å². The zero-order valence-electron chi connectivity index (χ0n) is 6.90. The lowest BCUT2D eigenvalue weighted by Gasteiger charge is -2.16. The zero-order chi connectivity index (χ0) is 9.07. The Hall–Kier alpha value is -0.250. The van der Waals surface area contributed by atoms with Crippen LogP contribution in [0.2, 0.25) is 0 Å². The Kier molecular flexibility index (Phi) is 3.86. The maximum absolute atomic E-state index is 11.5. The second-order valence-electron chi connectivity index (χ2n) is 2.98. The largest absolute Gasteiger partial charge is 0.522 e. The van der Waals surface area contributed by atoms with Gasteiger partial charge in [-0.15, -0.1) is 13.2 Å². The molecule has 0 N–H and O–H groups in total. The fourth-order valence-corrected chi connectivity index (χ4v) is 0.418. The molecule has 0 radical (unpaired) electrons. The van der Waals surface area contributed by atoms with Gasteiger partial charge in [-0.3, -0.25) is 4.74 Å². The van der Waals surface area contributed by atoms with Crippen LogP contribution in [0.4, 0.5) is 13.2 Å². The third-order valence-electron chi connectivity index (χ3n) is 1.65. The third kappa shape index (κ3) is 6.16. The molecule has 0 amide bonds. The molecule has 0 aliphatic rings. The molecule has 0 saturated heterocycles. The lowest BCUT2D eigenvalue weighted by Crippen LogP contribution is -2.20. The van der Waals surface area contributed by atoms with Crippen molar-refractivity contribution in [3.8, 4) is 0 Å². The van der Waals surface area contributed by atoms with Gasteiger partial charge in [-0.1, -0.05) is 20.8 Å². The van der Waals surface area contributed by atoms with E-state index in [1.807, 2.05) is 13.8 Å². The minimum atomic E-state index is -4.48. The number of alkyl halides is 3. The van der Waals surface area contributed by atoms with Crippen molar-refractivity contribution >= 4 is 0 Å². The van der Waals surface area contributed by atoms with E-state index in [4.69, 9.17) is 0 Å². The number of hydrogen-bond donors (Lipinski definition) is 0. The molecule has 0 fully saturated rings. The Morgan fingerprint density at radius 1 is 1.18 bits per heavy atom. The van der Waals surface area contributed by atoms with Gasteiger partial charge in [0.1, 0.15) is 0 Å². The van der Waals surface area contributed by atoms with Gasteiger partial charge in [0.05, 0.1) is 6.61 Å². The first-order valence-electron chi connectivity index (χ1n) is 3.53. The minimum absolute atomic E-state index is 0.0587. The summed E-state index contributed by atoms with van der Waals surface area (Å²) in [4.78, 5) is 0. The Morgan fingerprint density at radius 2 is 1.64 bits per heavy atom. The molecule has 0 aliphatic carbocycles. The van der Waals surface area contributed by atoms with E-state index >= 15 is 0 Å². The van der Waals surface area contributed by atoms with Crippen LogP contribution in [0.3, 0.4) is 0 Å². The summed E-state index contributed by atoms with van der Waals surface area (Å²) in [5.41, 5.74) is 0. The molecular weight excluding hydrogens is 157 g/mol. The summed E-state index contributed by atoms with van der Waals surface area (Å²) in [6.07, 6.45) is -4.48. The molecule has 11 heavy (non-hydrogen) atoms. The normalized spacial score (nSPS) is 15.5. The highest BCUT2D eigenvalue weighted by atomic mass is 19.4. The van der Waals surface area contributed by atoms with E-state index in [1.54, 1.807) is 6.92 Å². The standard InChI is InChI=1S/C7H13F3O/c1-5(2)6(3)4-11-7(8,9)10/h5-6H,4H2,1-3H3. The van der Waals surface area contributed by atoms with Gasteiger partial charge in [-0.25, -0.2) is 0 Å². The van der Waals surface area contributed by atoms with E-state index in [0.717, 1.165) is 0 Å². The second-order valence-corrected chi connectivity index (χ2v) is 2.98. The first-order chi connectivity index (χ1) is 4.83. The van der Waals surface area contributed by atoms with Crippen LogP contribution in [0, 0.1) is 11.8 Å². The van der Waals surface area contributed by atoms with Crippen molar-refractivity contribution in [3.05, 3.63) is 0 Å². The molecule has 0 aliphatic heterocycles. The van der Waals surface area contributed by atoms with Crippen molar-refractivity contribution in [2.45, 2.75) is 27.1 Å². The van der Waals surface area contributed by atoms with Crippen LogP contribution in [-0.4, -0.2) is 13.0 Å². The smallest absolute Gasteiger partial charge is 0.292 e. The lowest BCUT2D eigenvalue weighted by molar-refractivity contribution is -0.328. The molecule has 68 valence electrons. The predicted molar refractivity (Wildman–Crippen MR) is 36.0 cm³/mol. The van der Waals surface area contributed by atoms with Gasteiger partial charge in [0.2, 0.25) is 0 Å². The summed E-state index contributed by atoms with van der Waals surface area (Å²) in [6.45, 7) is 5.21. The average molecular weight is 170 g/mol. The molecule has 0 aromatic rings. The average Bonchev–Trinajstić information content (AvgIpc) is 1.80. The summed E-state index contributed by atoms with van der Waals surface area (Å²) in [5.74, 6) is 0.161. The minimum Gasteiger partial charge on any atom is -0.292 e. The molecule has 0 aromatic carbocycles. The summed E-state index contributed by atoms with van der Waals surface area (Å²) in [5, 5.41) is 0. The van der Waals surface area contributed by atoms with Gasteiger partial charge < -0.3 is 0 Å². The molecule has 0 spiro atoms. The first-order valence-corrected chi connectivity index (χ1v) is 3.53. The summed E-state index contributed by atoms with van der Waals surface area (Å²) in [6, 6.07) is 0. The van der Waals surface area contributed by atoms with E-state index in [-0.39, 0.29) is 18.4 Å². The van der Waals surface area contributed by atoms with Crippen LogP contribution in [0.1, 0.15) is 20.8 Å². The fourth-order valence-electron chi connectivity index (χ4n) is 0.418. The Bertz CT molecular complexity index is 109. The van der Waals surface area contributed by atoms with E-state index in [2.05, 4.69) is 4.74 Å². The Labute approximate surface area is 64.5 Å². The number of ether oxygens (including phenoxy) is 1. The first kappa shape index (κ1) is 10.8. The van der Waals surface area contributed by atoms with Gasteiger partial charge >= 0.3 is 6.36 Å². The molecule has 0 aromatic heterocycles. The topological polar surface area (TPSA) is 9.23 Å². The Balaban J connectivity index is 3.54. The second kappa shape index (κ2) is 3.95. The quantitative estimate of drug-likeness (QED) is 0.632. The summed E-state index contributed by atoms with van der Waals surface area (Å²) in [7, 11) is 0. The molecule has 1 atom stereocenters. The molecule has 0 bridgehead atoms. The van der Waals surface area contributed by atoms with Crippen LogP contribution in [0.25, 0.3) is 0 Å². The van der Waals surface area contributed by atoms with Gasteiger partial charge in [0.25, 0.3) is 0 Å². The maximum Gasteiger partial charge on any atom is 0.522 e. The molecule has 0 rings (SSSR count). The molecular formula is C7H13F3O. The molecule has 4 heteroatoms. The van der Waals surface area contributed by atoms with Crippen molar-refractivity contribution in [1.82, 2.24) is 0 Å². The van der Waals surface area contributed by atoms with Crippen molar-refractivity contribution in [3.63, 3.8) is 0 Å². The van der Waals surface area contributed by atoms with E-state index < -0.39 is 6.36 Å². The fraction of sp³-hybridized carbons (Fsp3) is 1.00. The number of halogens is 3. The van der Waals surface area contributed by atoms with Gasteiger partial charge in [0.15, 0.2) is 0 Å². The summed E-state index contributed by atoms with van der Waals surface area (Å²) < 4.78 is 38.0. The molecule has 0 saturated carbocycles. The van der Waals surface area contributed by atoms with Crippen molar-refractivity contribution in [1.29, 1.82) is 0 Å². The highest BCUT2D eigenvalue weighted by Crippen LogP contribution is 2.19. The number of rotatable bonds is 3.